The van der Waals surface area contributed by atoms with Crippen LogP contribution in [0.25, 0.3) is 0 Å². The molecule has 3 aliphatic rings. The van der Waals surface area contributed by atoms with Gasteiger partial charge >= 0.3 is 10.4 Å². The summed E-state index contributed by atoms with van der Waals surface area (Å²) in [5.41, 5.74) is 2.04. The van der Waals surface area contributed by atoms with Gasteiger partial charge in [-0.2, -0.15) is 8.42 Å². The van der Waals surface area contributed by atoms with Gasteiger partial charge < -0.3 is 0 Å². The fraction of sp³-hybridized carbons (Fsp3) is 0.500. The van der Waals surface area contributed by atoms with Crippen LogP contribution in [0.15, 0.2) is 24.3 Å². The van der Waals surface area contributed by atoms with Gasteiger partial charge in [-0.15, -0.1) is 0 Å². The Morgan fingerprint density at radius 3 is 2.65 bits per heavy atom. The Bertz CT molecular complexity index is 637. The summed E-state index contributed by atoms with van der Waals surface area (Å²) in [7, 11) is -4.03. The fourth-order valence-electron chi connectivity index (χ4n) is 3.27. The van der Waals surface area contributed by atoms with Gasteiger partial charge in [0.15, 0.2) is 0 Å². The number of benzene rings is 1. The van der Waals surface area contributed by atoms with Gasteiger partial charge in [0.05, 0.1) is 18.6 Å². The van der Waals surface area contributed by atoms with Crippen LogP contribution in [-0.4, -0.2) is 26.9 Å². The van der Waals surface area contributed by atoms with Crippen molar-refractivity contribution in [2.75, 3.05) is 6.61 Å². The Kier molecular flexibility index (Phi) is 3.40. The van der Waals surface area contributed by atoms with Crippen LogP contribution in [0.1, 0.15) is 42.7 Å². The van der Waals surface area contributed by atoms with Gasteiger partial charge in [-0.05, 0) is 30.4 Å². The fourth-order valence-corrected chi connectivity index (χ4v) is 4.11. The first kappa shape index (κ1) is 13.7. The van der Waals surface area contributed by atoms with Crippen molar-refractivity contribution in [2.45, 2.75) is 37.7 Å². The van der Waals surface area contributed by atoms with Crippen molar-refractivity contribution in [2.24, 2.45) is 0 Å². The highest BCUT2D eigenvalue weighted by Gasteiger charge is 2.47. The summed E-state index contributed by atoms with van der Waals surface area (Å²) >= 11 is 0. The van der Waals surface area contributed by atoms with Crippen LogP contribution in [0.3, 0.4) is 0 Å². The number of fused-ring (bicyclic) bond motifs is 2. The second-order valence-corrected chi connectivity index (χ2v) is 6.40. The van der Waals surface area contributed by atoms with Crippen LogP contribution in [0.4, 0.5) is 0 Å². The number of carbonyl (C=O) groups excluding carboxylic acids is 1. The maximum absolute atomic E-state index is 12.2. The molecule has 0 spiro atoms. The Balaban J connectivity index is 1.93. The van der Waals surface area contributed by atoms with Crippen LogP contribution >= 0.6 is 0 Å². The van der Waals surface area contributed by atoms with Crippen LogP contribution in [-0.2, 0) is 23.6 Å². The third-order valence-corrected chi connectivity index (χ3v) is 4.96. The van der Waals surface area contributed by atoms with Crippen molar-refractivity contribution in [1.82, 2.24) is 0 Å². The second-order valence-electron chi connectivity index (χ2n) is 5.16. The summed E-state index contributed by atoms with van der Waals surface area (Å²) in [5, 5.41) is 0. The van der Waals surface area contributed by atoms with Crippen molar-refractivity contribution in [1.29, 1.82) is 0 Å². The molecule has 0 unspecified atom stereocenters. The molecule has 2 bridgehead atoms. The van der Waals surface area contributed by atoms with Gasteiger partial charge in [0.2, 0.25) is 0 Å². The normalized spacial score (nSPS) is 28.4. The molecular formula is C14H16O5S. The number of hydrogen-bond donors (Lipinski definition) is 0. The predicted octanol–water partition coefficient (Wildman–Crippen LogP) is 1.90. The van der Waals surface area contributed by atoms with Crippen LogP contribution in [0.5, 0.6) is 0 Å². The third kappa shape index (κ3) is 2.28. The lowest BCUT2D eigenvalue weighted by Crippen LogP contribution is -2.42. The number of carbonyl (C=O) groups is 1. The minimum absolute atomic E-state index is 0.0215. The van der Waals surface area contributed by atoms with E-state index < -0.39 is 22.4 Å². The van der Waals surface area contributed by atoms with E-state index in [-0.39, 0.29) is 18.3 Å². The predicted molar refractivity (Wildman–Crippen MR) is 71.6 cm³/mol. The van der Waals surface area contributed by atoms with Gasteiger partial charge in [0.25, 0.3) is 0 Å². The van der Waals surface area contributed by atoms with Crippen molar-refractivity contribution < 1.29 is 21.6 Å². The van der Waals surface area contributed by atoms with Gasteiger partial charge in [0.1, 0.15) is 5.78 Å². The molecule has 1 fully saturated rings. The molecule has 1 saturated carbocycles. The zero-order valence-electron chi connectivity index (χ0n) is 11.1. The number of Topliss-reactive ketones (excluding diaryl/α,β-unsaturated/α-hetero) is 1. The van der Waals surface area contributed by atoms with Crippen LogP contribution < -0.4 is 0 Å². The van der Waals surface area contributed by atoms with E-state index >= 15 is 0 Å². The second kappa shape index (κ2) is 4.95. The molecule has 5 nitrogen and oxygen atoms in total. The summed E-state index contributed by atoms with van der Waals surface area (Å²) in [6, 6.07) is 7.69. The van der Waals surface area contributed by atoms with Gasteiger partial charge in [-0.3, -0.25) is 4.79 Å². The standard InChI is InChI=1S/C14H16O5S/c1-2-18-20(16,17)19-13-8-9-7-12(15)14(13)11-6-4-3-5-10(9)11/h3-6,9,13-14H,2,7-8H2,1H3/t9-,13+,14+/m0/s1. The number of rotatable bonds is 4. The number of ketones is 1. The smallest absolute Gasteiger partial charge is 0.299 e. The van der Waals surface area contributed by atoms with E-state index in [0.29, 0.717) is 12.8 Å². The first-order valence-corrected chi connectivity index (χ1v) is 8.04. The summed E-state index contributed by atoms with van der Waals surface area (Å²) in [5.74, 6) is -0.395. The molecule has 0 aliphatic heterocycles. The van der Waals surface area contributed by atoms with Crippen LogP contribution in [0.2, 0.25) is 0 Å². The maximum atomic E-state index is 12.2. The molecule has 20 heavy (non-hydrogen) atoms. The zero-order valence-corrected chi connectivity index (χ0v) is 11.9. The summed E-state index contributed by atoms with van der Waals surface area (Å²) in [6.07, 6.45) is 0.364. The van der Waals surface area contributed by atoms with Crippen molar-refractivity contribution in [3.8, 4) is 0 Å². The minimum atomic E-state index is -4.03. The molecule has 0 saturated heterocycles. The summed E-state index contributed by atoms with van der Waals surface area (Å²) in [6.45, 7) is 1.60. The van der Waals surface area contributed by atoms with E-state index in [4.69, 9.17) is 4.18 Å². The highest BCUT2D eigenvalue weighted by Crippen LogP contribution is 2.48. The molecule has 0 heterocycles. The first-order chi connectivity index (χ1) is 9.52. The Morgan fingerprint density at radius 2 is 1.95 bits per heavy atom. The monoisotopic (exact) mass is 296 g/mol. The van der Waals surface area contributed by atoms with E-state index in [1.807, 2.05) is 24.3 Å². The van der Waals surface area contributed by atoms with Gasteiger partial charge in [-0.25, -0.2) is 8.37 Å². The topological polar surface area (TPSA) is 69.7 Å². The average molecular weight is 296 g/mol. The molecule has 3 atom stereocenters. The van der Waals surface area contributed by atoms with E-state index in [2.05, 4.69) is 4.18 Å². The minimum Gasteiger partial charge on any atom is -0.299 e. The Hall–Kier alpha value is -1.24. The molecule has 1 aromatic carbocycles. The zero-order chi connectivity index (χ0) is 14.3. The quantitative estimate of drug-likeness (QED) is 0.848. The van der Waals surface area contributed by atoms with E-state index in [1.165, 1.54) is 0 Å². The summed E-state index contributed by atoms with van der Waals surface area (Å²) < 4.78 is 33.0. The lowest BCUT2D eigenvalue weighted by atomic mass is 9.65. The highest BCUT2D eigenvalue weighted by atomic mass is 32.3. The molecule has 6 heteroatoms. The molecular weight excluding hydrogens is 280 g/mol. The van der Waals surface area contributed by atoms with Crippen molar-refractivity contribution >= 4 is 16.2 Å². The summed E-state index contributed by atoms with van der Waals surface area (Å²) in [4.78, 5) is 12.2. The molecule has 0 amide bonds. The van der Waals surface area contributed by atoms with Gasteiger partial charge in [0, 0.05) is 6.42 Å². The van der Waals surface area contributed by atoms with Crippen molar-refractivity contribution in [3.05, 3.63) is 35.4 Å². The van der Waals surface area contributed by atoms with Gasteiger partial charge in [-0.1, -0.05) is 24.3 Å². The first-order valence-electron chi connectivity index (χ1n) is 6.71. The lowest BCUT2D eigenvalue weighted by molar-refractivity contribution is -0.126. The maximum Gasteiger partial charge on any atom is 0.400 e. The third-order valence-electron chi connectivity index (χ3n) is 3.96. The Morgan fingerprint density at radius 1 is 1.25 bits per heavy atom. The molecule has 4 rings (SSSR count). The Labute approximate surface area is 118 Å². The molecule has 108 valence electrons. The number of hydrogen-bond acceptors (Lipinski definition) is 5. The SMILES string of the molecule is CCOS(=O)(=O)O[C@@H]1C[C@@H]2CC(=O)[C@H]1c1ccccc12. The van der Waals surface area contributed by atoms with E-state index in [1.54, 1.807) is 6.92 Å². The molecule has 3 aliphatic carbocycles. The molecule has 0 N–H and O–H groups in total. The lowest BCUT2D eigenvalue weighted by Gasteiger charge is -2.41. The van der Waals surface area contributed by atoms with Crippen LogP contribution in [0, 0.1) is 0 Å². The molecule has 0 radical (unpaired) electrons. The molecule has 1 aromatic rings. The molecule has 0 aromatic heterocycles. The van der Waals surface area contributed by atoms with E-state index in [0.717, 1.165) is 11.1 Å². The highest BCUT2D eigenvalue weighted by molar-refractivity contribution is 7.81. The largest absolute Gasteiger partial charge is 0.400 e. The average Bonchev–Trinajstić information content (AvgIpc) is 2.38. The van der Waals surface area contributed by atoms with Crippen molar-refractivity contribution in [3.63, 3.8) is 0 Å². The van der Waals surface area contributed by atoms with E-state index in [9.17, 15) is 13.2 Å².